The van der Waals surface area contributed by atoms with Crippen LogP contribution < -0.4 is 5.32 Å². The SMILES string of the molecule is CN(C)Cc1cc(NC(=O)c2ccnn2C)ccc1Cl. The molecular weight excluding hydrogens is 276 g/mol. The first-order chi connectivity index (χ1) is 9.47. The lowest BCUT2D eigenvalue weighted by Gasteiger charge is -2.13. The van der Waals surface area contributed by atoms with Crippen molar-refractivity contribution in [3.8, 4) is 0 Å². The van der Waals surface area contributed by atoms with Crippen LogP contribution in [-0.2, 0) is 13.6 Å². The van der Waals surface area contributed by atoms with E-state index in [9.17, 15) is 4.79 Å². The molecule has 1 aromatic heterocycles. The molecular formula is C14H17ClN4O. The molecule has 2 rings (SSSR count). The Morgan fingerprint density at radius 1 is 1.40 bits per heavy atom. The molecule has 1 amide bonds. The van der Waals surface area contributed by atoms with Crippen LogP contribution in [0, 0.1) is 0 Å². The highest BCUT2D eigenvalue weighted by Crippen LogP contribution is 2.22. The van der Waals surface area contributed by atoms with E-state index >= 15 is 0 Å². The summed E-state index contributed by atoms with van der Waals surface area (Å²) in [6.07, 6.45) is 1.59. The van der Waals surface area contributed by atoms with Crippen LogP contribution in [0.1, 0.15) is 16.1 Å². The summed E-state index contributed by atoms with van der Waals surface area (Å²) in [6, 6.07) is 7.14. The lowest BCUT2D eigenvalue weighted by molar-refractivity contribution is 0.101. The van der Waals surface area contributed by atoms with Gasteiger partial charge in [-0.3, -0.25) is 9.48 Å². The molecule has 20 heavy (non-hydrogen) atoms. The summed E-state index contributed by atoms with van der Waals surface area (Å²) < 4.78 is 1.53. The van der Waals surface area contributed by atoms with Gasteiger partial charge in [0, 0.05) is 30.5 Å². The molecule has 5 nitrogen and oxygen atoms in total. The van der Waals surface area contributed by atoms with E-state index in [0.29, 0.717) is 17.3 Å². The Labute approximate surface area is 123 Å². The van der Waals surface area contributed by atoms with Gasteiger partial charge in [-0.05, 0) is 43.9 Å². The lowest BCUT2D eigenvalue weighted by Crippen LogP contribution is -2.16. The molecule has 0 unspecified atom stereocenters. The fourth-order valence-corrected chi connectivity index (χ4v) is 2.08. The molecule has 0 fully saturated rings. The standard InChI is InChI=1S/C14H17ClN4O/c1-18(2)9-10-8-11(4-5-12(10)15)17-14(20)13-6-7-16-19(13)3/h4-8H,9H2,1-3H3,(H,17,20). The fourth-order valence-electron chi connectivity index (χ4n) is 1.91. The number of carbonyl (C=O) groups is 1. The number of amides is 1. The first-order valence-corrected chi connectivity index (χ1v) is 6.57. The molecule has 1 heterocycles. The summed E-state index contributed by atoms with van der Waals surface area (Å²) >= 11 is 6.15. The monoisotopic (exact) mass is 292 g/mol. The van der Waals surface area contributed by atoms with Gasteiger partial charge >= 0.3 is 0 Å². The van der Waals surface area contributed by atoms with E-state index in [1.54, 1.807) is 31.4 Å². The number of hydrogen-bond donors (Lipinski definition) is 1. The van der Waals surface area contributed by atoms with E-state index in [4.69, 9.17) is 11.6 Å². The molecule has 1 N–H and O–H groups in total. The summed E-state index contributed by atoms with van der Waals surface area (Å²) in [6.45, 7) is 0.717. The van der Waals surface area contributed by atoms with E-state index in [-0.39, 0.29) is 5.91 Å². The smallest absolute Gasteiger partial charge is 0.273 e. The maximum Gasteiger partial charge on any atom is 0.273 e. The first-order valence-electron chi connectivity index (χ1n) is 6.20. The molecule has 0 aliphatic rings. The van der Waals surface area contributed by atoms with Crippen LogP contribution in [0.15, 0.2) is 30.5 Å². The largest absolute Gasteiger partial charge is 0.321 e. The minimum absolute atomic E-state index is 0.192. The van der Waals surface area contributed by atoms with Gasteiger partial charge in [0.05, 0.1) is 0 Å². The predicted octanol–water partition coefficient (Wildman–Crippen LogP) is 2.39. The first kappa shape index (κ1) is 14.6. The molecule has 106 valence electrons. The van der Waals surface area contributed by atoms with E-state index in [1.165, 1.54) is 4.68 Å². The van der Waals surface area contributed by atoms with Crippen LogP contribution in [0.5, 0.6) is 0 Å². The number of carbonyl (C=O) groups excluding carboxylic acids is 1. The molecule has 0 atom stereocenters. The van der Waals surface area contributed by atoms with Crippen LogP contribution >= 0.6 is 11.6 Å². The van der Waals surface area contributed by atoms with Crippen LogP contribution in [0.3, 0.4) is 0 Å². The number of hydrogen-bond acceptors (Lipinski definition) is 3. The number of nitrogens with one attached hydrogen (secondary N) is 1. The topological polar surface area (TPSA) is 50.2 Å². The number of anilines is 1. The Hall–Kier alpha value is -1.85. The second-order valence-corrected chi connectivity index (χ2v) is 5.25. The van der Waals surface area contributed by atoms with Crippen LogP contribution in [0.25, 0.3) is 0 Å². The van der Waals surface area contributed by atoms with Crippen molar-refractivity contribution in [3.63, 3.8) is 0 Å². The predicted molar refractivity (Wildman–Crippen MR) is 80.0 cm³/mol. The number of benzene rings is 1. The van der Waals surface area contributed by atoms with Crippen LogP contribution in [0.2, 0.25) is 5.02 Å². The van der Waals surface area contributed by atoms with Crippen LogP contribution in [-0.4, -0.2) is 34.7 Å². The van der Waals surface area contributed by atoms with Gasteiger partial charge in [-0.2, -0.15) is 5.10 Å². The Kier molecular flexibility index (Phi) is 4.42. The Bertz CT molecular complexity index is 621. The van der Waals surface area contributed by atoms with Crippen molar-refractivity contribution >= 4 is 23.2 Å². The normalized spacial score (nSPS) is 10.8. The van der Waals surface area contributed by atoms with E-state index in [2.05, 4.69) is 10.4 Å². The highest BCUT2D eigenvalue weighted by atomic mass is 35.5. The third-order valence-electron chi connectivity index (χ3n) is 2.84. The zero-order valence-corrected chi connectivity index (χ0v) is 12.5. The van der Waals surface area contributed by atoms with Gasteiger partial charge in [0.2, 0.25) is 0 Å². The third kappa shape index (κ3) is 3.37. The van der Waals surface area contributed by atoms with Gasteiger partial charge in [0.15, 0.2) is 0 Å². The number of nitrogens with zero attached hydrogens (tertiary/aromatic N) is 3. The van der Waals surface area contributed by atoms with Gasteiger partial charge in [0.25, 0.3) is 5.91 Å². The number of halogens is 1. The minimum atomic E-state index is -0.192. The number of aryl methyl sites for hydroxylation is 1. The van der Waals surface area contributed by atoms with Gasteiger partial charge in [-0.1, -0.05) is 11.6 Å². The summed E-state index contributed by atoms with van der Waals surface area (Å²) in [5, 5.41) is 7.52. The van der Waals surface area contributed by atoms with Crippen molar-refractivity contribution < 1.29 is 4.79 Å². The molecule has 6 heteroatoms. The fraction of sp³-hybridized carbons (Fsp3) is 0.286. The average molecular weight is 293 g/mol. The van der Waals surface area contributed by atoms with Gasteiger partial charge in [-0.15, -0.1) is 0 Å². The molecule has 0 spiro atoms. The van der Waals surface area contributed by atoms with E-state index in [1.807, 2.05) is 25.1 Å². The molecule has 0 bridgehead atoms. The maximum atomic E-state index is 12.1. The van der Waals surface area contributed by atoms with Crippen molar-refractivity contribution in [1.29, 1.82) is 0 Å². The minimum Gasteiger partial charge on any atom is -0.321 e. The molecule has 0 radical (unpaired) electrons. The number of rotatable bonds is 4. The molecule has 0 aliphatic heterocycles. The maximum absolute atomic E-state index is 12.1. The zero-order valence-electron chi connectivity index (χ0n) is 11.7. The quantitative estimate of drug-likeness (QED) is 0.941. The van der Waals surface area contributed by atoms with E-state index in [0.717, 1.165) is 11.3 Å². The van der Waals surface area contributed by atoms with Crippen LogP contribution in [0.4, 0.5) is 5.69 Å². The molecule has 0 saturated carbocycles. The summed E-state index contributed by atoms with van der Waals surface area (Å²) in [5.41, 5.74) is 2.20. The molecule has 0 aliphatic carbocycles. The van der Waals surface area contributed by atoms with Crippen molar-refractivity contribution in [2.75, 3.05) is 19.4 Å². The summed E-state index contributed by atoms with van der Waals surface area (Å²) in [4.78, 5) is 14.1. The Balaban J connectivity index is 2.18. The van der Waals surface area contributed by atoms with E-state index < -0.39 is 0 Å². The Morgan fingerprint density at radius 2 is 2.15 bits per heavy atom. The van der Waals surface area contributed by atoms with Crippen molar-refractivity contribution in [3.05, 3.63) is 46.7 Å². The van der Waals surface area contributed by atoms with Gasteiger partial charge in [0.1, 0.15) is 5.69 Å². The molecule has 0 saturated heterocycles. The van der Waals surface area contributed by atoms with Crippen molar-refractivity contribution in [1.82, 2.24) is 14.7 Å². The lowest BCUT2D eigenvalue weighted by atomic mass is 10.2. The average Bonchev–Trinajstić information content (AvgIpc) is 2.79. The highest BCUT2D eigenvalue weighted by Gasteiger charge is 2.11. The zero-order chi connectivity index (χ0) is 14.7. The second-order valence-electron chi connectivity index (χ2n) is 4.84. The number of aromatic nitrogens is 2. The Morgan fingerprint density at radius 3 is 2.75 bits per heavy atom. The second kappa shape index (κ2) is 6.07. The summed E-state index contributed by atoms with van der Waals surface area (Å²) in [5.74, 6) is -0.192. The van der Waals surface area contributed by atoms with Gasteiger partial charge < -0.3 is 10.2 Å². The highest BCUT2D eigenvalue weighted by molar-refractivity contribution is 6.31. The third-order valence-corrected chi connectivity index (χ3v) is 3.21. The van der Waals surface area contributed by atoms with Crippen molar-refractivity contribution in [2.45, 2.75) is 6.54 Å². The molecule has 1 aromatic carbocycles. The molecule has 2 aromatic rings. The van der Waals surface area contributed by atoms with Gasteiger partial charge in [-0.25, -0.2) is 0 Å². The summed E-state index contributed by atoms with van der Waals surface area (Å²) in [7, 11) is 5.67. The van der Waals surface area contributed by atoms with Crippen molar-refractivity contribution in [2.24, 2.45) is 7.05 Å².